The van der Waals surface area contributed by atoms with Crippen molar-refractivity contribution < 1.29 is 23.9 Å². The average molecular weight is 218 g/mol. The third-order valence-corrected chi connectivity index (χ3v) is 1.77. The second-order valence-corrected chi connectivity index (χ2v) is 3.78. The molecule has 0 fully saturated rings. The topological polar surface area (TPSA) is 90.2 Å². The zero-order valence-electron chi connectivity index (χ0n) is 7.79. The molecule has 0 bridgehead atoms. The van der Waals surface area contributed by atoms with Gasteiger partial charge in [0.15, 0.2) is 0 Å². The second kappa shape index (κ2) is 6.52. The molecule has 4 N–H and O–H groups in total. The fraction of sp³-hybridized carbons (Fsp3) is 0.250. The SMILES string of the molecule is CCO[Si](O)(O)O.Oc1ccccc1. The van der Waals surface area contributed by atoms with E-state index in [1.54, 1.807) is 31.2 Å². The van der Waals surface area contributed by atoms with Gasteiger partial charge in [0.05, 0.1) is 0 Å². The summed E-state index contributed by atoms with van der Waals surface area (Å²) in [5, 5.41) is 8.63. The van der Waals surface area contributed by atoms with E-state index in [0.717, 1.165) is 0 Å². The van der Waals surface area contributed by atoms with Gasteiger partial charge in [-0.2, -0.15) is 0 Å². The molecule has 0 spiro atoms. The largest absolute Gasteiger partial charge is 0.671 e. The number of para-hydroxylation sites is 1. The van der Waals surface area contributed by atoms with Crippen molar-refractivity contribution in [3.05, 3.63) is 30.3 Å². The van der Waals surface area contributed by atoms with Crippen LogP contribution in [-0.2, 0) is 4.43 Å². The minimum Gasteiger partial charge on any atom is -0.508 e. The Labute approximate surface area is 83.3 Å². The summed E-state index contributed by atoms with van der Waals surface area (Å²) in [7, 11) is -4.16. The summed E-state index contributed by atoms with van der Waals surface area (Å²) in [6.45, 7) is 1.68. The lowest BCUT2D eigenvalue weighted by molar-refractivity contribution is 0.0687. The lowest BCUT2D eigenvalue weighted by Crippen LogP contribution is -2.38. The first-order chi connectivity index (χ1) is 6.45. The van der Waals surface area contributed by atoms with E-state index in [9.17, 15) is 0 Å². The third-order valence-electron chi connectivity index (χ3n) is 1.09. The van der Waals surface area contributed by atoms with Gasteiger partial charge in [-0.05, 0) is 19.1 Å². The monoisotopic (exact) mass is 218 g/mol. The Bertz CT molecular complexity index is 233. The third kappa shape index (κ3) is 9.17. The molecule has 0 saturated carbocycles. The molecule has 80 valence electrons. The van der Waals surface area contributed by atoms with Crippen LogP contribution in [0.15, 0.2) is 30.3 Å². The molecule has 14 heavy (non-hydrogen) atoms. The number of phenolic OH excluding ortho intramolecular Hbond substituents is 1. The molecule has 1 aromatic rings. The van der Waals surface area contributed by atoms with Crippen molar-refractivity contribution in [2.24, 2.45) is 0 Å². The maximum atomic E-state index is 8.63. The van der Waals surface area contributed by atoms with E-state index in [1.165, 1.54) is 0 Å². The Morgan fingerprint density at radius 2 is 1.64 bits per heavy atom. The number of hydrogen-bond acceptors (Lipinski definition) is 5. The van der Waals surface area contributed by atoms with Crippen LogP contribution < -0.4 is 0 Å². The van der Waals surface area contributed by atoms with Gasteiger partial charge in [0.1, 0.15) is 5.75 Å². The van der Waals surface area contributed by atoms with Crippen molar-refractivity contribution >= 4 is 9.05 Å². The van der Waals surface area contributed by atoms with Gasteiger partial charge in [-0.25, -0.2) is 0 Å². The zero-order valence-corrected chi connectivity index (χ0v) is 8.79. The Morgan fingerprint density at radius 3 is 1.79 bits per heavy atom. The number of hydrogen-bond donors (Lipinski definition) is 4. The maximum absolute atomic E-state index is 8.63. The molecule has 6 heteroatoms. The van der Waals surface area contributed by atoms with Crippen LogP contribution in [0.25, 0.3) is 0 Å². The molecule has 0 unspecified atom stereocenters. The molecule has 0 radical (unpaired) electrons. The molecule has 0 atom stereocenters. The van der Waals surface area contributed by atoms with Crippen LogP contribution in [0.1, 0.15) is 6.92 Å². The van der Waals surface area contributed by atoms with Crippen molar-refractivity contribution in [3.63, 3.8) is 0 Å². The van der Waals surface area contributed by atoms with E-state index < -0.39 is 9.05 Å². The molecular formula is C8H14O5Si. The van der Waals surface area contributed by atoms with Crippen LogP contribution >= 0.6 is 0 Å². The minimum absolute atomic E-state index is 0.121. The summed E-state index contributed by atoms with van der Waals surface area (Å²) in [6, 6.07) is 8.71. The smallest absolute Gasteiger partial charge is 0.508 e. The number of benzene rings is 1. The summed E-state index contributed by atoms with van der Waals surface area (Å²) < 4.78 is 4.03. The van der Waals surface area contributed by atoms with Gasteiger partial charge >= 0.3 is 9.05 Å². The number of rotatable bonds is 2. The van der Waals surface area contributed by atoms with Gasteiger partial charge in [-0.15, -0.1) is 0 Å². The van der Waals surface area contributed by atoms with Crippen molar-refractivity contribution in [2.75, 3.05) is 6.61 Å². The summed E-state index contributed by atoms with van der Waals surface area (Å²) in [6.07, 6.45) is 0. The van der Waals surface area contributed by atoms with Crippen molar-refractivity contribution in [1.82, 2.24) is 0 Å². The molecule has 5 nitrogen and oxygen atoms in total. The molecule has 0 aliphatic rings. The highest BCUT2D eigenvalue weighted by Crippen LogP contribution is 2.02. The summed E-state index contributed by atoms with van der Waals surface area (Å²) in [5.74, 6) is 0.322. The van der Waals surface area contributed by atoms with Crippen molar-refractivity contribution in [2.45, 2.75) is 6.92 Å². The minimum atomic E-state index is -4.16. The molecule has 0 amide bonds. The molecule has 1 rings (SSSR count). The maximum Gasteiger partial charge on any atom is 0.671 e. The first-order valence-electron chi connectivity index (χ1n) is 4.01. The molecule has 0 aliphatic carbocycles. The van der Waals surface area contributed by atoms with Crippen LogP contribution in [0, 0.1) is 0 Å². The molecule has 0 heterocycles. The van der Waals surface area contributed by atoms with Crippen LogP contribution in [0.5, 0.6) is 5.75 Å². The highest BCUT2D eigenvalue weighted by atomic mass is 28.4. The Morgan fingerprint density at radius 1 is 1.14 bits per heavy atom. The summed E-state index contributed by atoms with van der Waals surface area (Å²) in [4.78, 5) is 24.1. The van der Waals surface area contributed by atoms with Gasteiger partial charge in [-0.1, -0.05) is 18.2 Å². The van der Waals surface area contributed by atoms with Gasteiger partial charge in [0, 0.05) is 6.61 Å². The lowest BCUT2D eigenvalue weighted by atomic mass is 10.3. The van der Waals surface area contributed by atoms with E-state index in [-0.39, 0.29) is 6.61 Å². The highest BCUT2D eigenvalue weighted by Gasteiger charge is 2.28. The van der Waals surface area contributed by atoms with Crippen LogP contribution in [0.3, 0.4) is 0 Å². The predicted molar refractivity (Wildman–Crippen MR) is 52.1 cm³/mol. The Balaban J connectivity index is 0.000000241. The van der Waals surface area contributed by atoms with E-state index in [1.807, 2.05) is 6.07 Å². The first kappa shape index (κ1) is 13.1. The molecule has 0 saturated heterocycles. The molecule has 0 aliphatic heterocycles. The highest BCUT2D eigenvalue weighted by molar-refractivity contribution is 6.48. The van der Waals surface area contributed by atoms with Gasteiger partial charge in [-0.3, -0.25) is 0 Å². The van der Waals surface area contributed by atoms with E-state index in [4.69, 9.17) is 19.5 Å². The van der Waals surface area contributed by atoms with Gasteiger partial charge in [0.2, 0.25) is 0 Å². The van der Waals surface area contributed by atoms with E-state index >= 15 is 0 Å². The average Bonchev–Trinajstić information content (AvgIpc) is 2.04. The zero-order chi connectivity index (χ0) is 11.0. The number of aromatic hydroxyl groups is 1. The van der Waals surface area contributed by atoms with Crippen molar-refractivity contribution in [3.8, 4) is 5.75 Å². The van der Waals surface area contributed by atoms with Crippen molar-refractivity contribution in [1.29, 1.82) is 0 Å². The van der Waals surface area contributed by atoms with Crippen LogP contribution in [0.2, 0.25) is 0 Å². The summed E-state index contributed by atoms with van der Waals surface area (Å²) >= 11 is 0. The number of phenols is 1. The standard InChI is InChI=1S/C6H6O.C2H8O4Si/c7-6-4-2-1-3-5-6;1-2-6-7(3,4)5/h1-5,7H;3-5H,2H2,1H3. The molecular weight excluding hydrogens is 204 g/mol. The predicted octanol–water partition coefficient (Wildman–Crippen LogP) is -0.172. The quantitative estimate of drug-likeness (QED) is 0.517. The molecule has 1 aromatic carbocycles. The molecule has 0 aromatic heterocycles. The van der Waals surface area contributed by atoms with Crippen LogP contribution in [0.4, 0.5) is 0 Å². The second-order valence-electron chi connectivity index (χ2n) is 2.34. The lowest BCUT2D eigenvalue weighted by Gasteiger charge is -2.05. The fourth-order valence-electron chi connectivity index (χ4n) is 0.622. The van der Waals surface area contributed by atoms with E-state index in [0.29, 0.717) is 5.75 Å². The Hall–Kier alpha value is -0.923. The normalized spacial score (nSPS) is 10.3. The van der Waals surface area contributed by atoms with Gasteiger partial charge < -0.3 is 23.9 Å². The summed E-state index contributed by atoms with van der Waals surface area (Å²) in [5.41, 5.74) is 0. The van der Waals surface area contributed by atoms with Crippen LogP contribution in [-0.4, -0.2) is 35.1 Å². The first-order valence-corrected chi connectivity index (χ1v) is 5.75. The van der Waals surface area contributed by atoms with E-state index in [2.05, 4.69) is 4.43 Å². The van der Waals surface area contributed by atoms with Gasteiger partial charge in [0.25, 0.3) is 0 Å². The fourth-order valence-corrected chi connectivity index (χ4v) is 1.01. The Kier molecular flexibility index (Phi) is 6.09.